The third-order valence-corrected chi connectivity index (χ3v) is 5.53. The summed E-state index contributed by atoms with van der Waals surface area (Å²) in [5.41, 5.74) is 6.35. The van der Waals surface area contributed by atoms with Gasteiger partial charge in [-0.25, -0.2) is 13.4 Å². The average molecular weight is 418 g/mol. The van der Waals surface area contributed by atoms with Gasteiger partial charge < -0.3 is 10.5 Å². The summed E-state index contributed by atoms with van der Waals surface area (Å²) < 4.78 is 33.1. The maximum atomic E-state index is 12.6. The van der Waals surface area contributed by atoms with Crippen molar-refractivity contribution < 1.29 is 17.9 Å². The Hall–Kier alpha value is -3.10. The van der Waals surface area contributed by atoms with E-state index < -0.39 is 15.9 Å². The Morgan fingerprint density at radius 2 is 1.93 bits per heavy atom. The first-order valence-corrected chi connectivity index (χ1v) is 9.93. The number of benzene rings is 2. The lowest BCUT2D eigenvalue weighted by Gasteiger charge is -2.11. The molecule has 0 unspecified atom stereocenters. The number of carbonyl (C=O) groups is 1. The van der Waals surface area contributed by atoms with E-state index in [9.17, 15) is 13.2 Å². The Kier molecular flexibility index (Phi) is 5.53. The Labute approximate surface area is 167 Å². The summed E-state index contributed by atoms with van der Waals surface area (Å²) in [5.74, 6) is 0.0434. The molecule has 0 aliphatic heterocycles. The van der Waals surface area contributed by atoms with Crippen LogP contribution in [0.25, 0.3) is 0 Å². The van der Waals surface area contributed by atoms with Gasteiger partial charge in [0.15, 0.2) is 0 Å². The molecule has 28 heavy (non-hydrogen) atoms. The molecule has 1 amide bonds. The molecule has 9 heteroatoms. The van der Waals surface area contributed by atoms with Crippen LogP contribution in [0, 0.1) is 6.92 Å². The van der Waals surface area contributed by atoms with E-state index >= 15 is 0 Å². The van der Waals surface area contributed by atoms with Gasteiger partial charge in [-0.1, -0.05) is 17.7 Å². The highest BCUT2D eigenvalue weighted by Gasteiger charge is 2.17. The lowest BCUT2D eigenvalue weighted by atomic mass is 10.2. The molecule has 7 nitrogen and oxygen atoms in total. The van der Waals surface area contributed by atoms with Crippen LogP contribution in [-0.4, -0.2) is 19.3 Å². The van der Waals surface area contributed by atoms with Crippen LogP contribution in [0.1, 0.15) is 15.9 Å². The van der Waals surface area contributed by atoms with Crippen molar-refractivity contribution >= 4 is 33.2 Å². The van der Waals surface area contributed by atoms with Gasteiger partial charge in [0.25, 0.3) is 10.0 Å². The van der Waals surface area contributed by atoms with Gasteiger partial charge >= 0.3 is 0 Å². The number of hydrogen-bond acceptors (Lipinski definition) is 5. The fourth-order valence-corrected chi connectivity index (χ4v) is 3.96. The summed E-state index contributed by atoms with van der Waals surface area (Å²) in [6, 6.07) is 13.9. The molecule has 0 atom stereocenters. The number of carbonyl (C=O) groups excluding carboxylic acids is 1. The summed E-state index contributed by atoms with van der Waals surface area (Å²) in [6.45, 7) is 1.66. The van der Waals surface area contributed by atoms with Crippen molar-refractivity contribution in [2.45, 2.75) is 11.8 Å². The lowest BCUT2D eigenvalue weighted by molar-refractivity contribution is 0.1000. The van der Waals surface area contributed by atoms with E-state index in [2.05, 4.69) is 9.71 Å². The molecule has 0 aliphatic carbocycles. The normalized spacial score (nSPS) is 11.1. The summed E-state index contributed by atoms with van der Waals surface area (Å²) in [6.07, 6.45) is 1.33. The largest absolute Gasteiger partial charge is 0.439 e. The molecule has 3 N–H and O–H groups in total. The van der Waals surface area contributed by atoms with Gasteiger partial charge in [-0.2, -0.15) is 0 Å². The lowest BCUT2D eigenvalue weighted by Crippen LogP contribution is -2.14. The smallest absolute Gasteiger partial charge is 0.262 e. The third kappa shape index (κ3) is 4.59. The topological polar surface area (TPSA) is 111 Å². The second kappa shape index (κ2) is 7.87. The number of aryl methyl sites for hydroxylation is 1. The minimum Gasteiger partial charge on any atom is -0.439 e. The Balaban J connectivity index is 1.75. The molecule has 0 saturated heterocycles. The van der Waals surface area contributed by atoms with Crippen LogP contribution >= 0.6 is 11.6 Å². The van der Waals surface area contributed by atoms with E-state index in [1.54, 1.807) is 31.2 Å². The number of sulfonamides is 1. The van der Waals surface area contributed by atoms with E-state index in [1.807, 2.05) is 0 Å². The monoisotopic (exact) mass is 417 g/mol. The van der Waals surface area contributed by atoms with Crippen LogP contribution < -0.4 is 15.2 Å². The molecule has 1 heterocycles. The average Bonchev–Trinajstić information content (AvgIpc) is 2.63. The zero-order chi connectivity index (χ0) is 20.3. The zero-order valence-corrected chi connectivity index (χ0v) is 16.3. The number of pyridine rings is 1. The number of ether oxygens (including phenoxy) is 1. The maximum Gasteiger partial charge on any atom is 0.262 e. The molecule has 0 fully saturated rings. The number of primary amides is 1. The first-order valence-electron chi connectivity index (χ1n) is 8.07. The molecule has 0 aliphatic rings. The quantitative estimate of drug-likeness (QED) is 0.634. The Bertz CT molecular complexity index is 1130. The summed E-state index contributed by atoms with van der Waals surface area (Å²) in [4.78, 5) is 15.4. The number of halogens is 1. The van der Waals surface area contributed by atoms with Crippen molar-refractivity contribution in [2.24, 2.45) is 5.73 Å². The predicted octanol–water partition coefficient (Wildman–Crippen LogP) is 3.74. The molecule has 144 valence electrons. The number of hydrogen-bond donors (Lipinski definition) is 2. The number of anilines is 1. The molecule has 1 aromatic heterocycles. The first kappa shape index (κ1) is 19.7. The minimum absolute atomic E-state index is 0.125. The van der Waals surface area contributed by atoms with Crippen molar-refractivity contribution in [1.29, 1.82) is 0 Å². The van der Waals surface area contributed by atoms with Gasteiger partial charge in [-0.3, -0.25) is 9.52 Å². The van der Waals surface area contributed by atoms with E-state index in [4.69, 9.17) is 22.1 Å². The SMILES string of the molecule is Cc1cc(Cl)ccc1S(=O)(=O)Nc1ccc(Oc2cccc(C(N)=O)c2)nc1. The van der Waals surface area contributed by atoms with E-state index in [0.717, 1.165) is 0 Å². The second-order valence-corrected chi connectivity index (χ2v) is 7.98. The third-order valence-electron chi connectivity index (χ3n) is 3.76. The zero-order valence-electron chi connectivity index (χ0n) is 14.7. The van der Waals surface area contributed by atoms with Crippen molar-refractivity contribution in [2.75, 3.05) is 4.72 Å². The summed E-state index contributed by atoms with van der Waals surface area (Å²) in [7, 11) is -3.79. The van der Waals surface area contributed by atoms with E-state index in [0.29, 0.717) is 21.9 Å². The van der Waals surface area contributed by atoms with Gasteiger partial charge in [0.2, 0.25) is 11.8 Å². The molecule has 0 radical (unpaired) electrons. The van der Waals surface area contributed by atoms with Gasteiger partial charge in [-0.15, -0.1) is 0 Å². The van der Waals surface area contributed by atoms with Crippen LogP contribution in [0.5, 0.6) is 11.6 Å². The number of nitrogens with two attached hydrogens (primary N) is 1. The van der Waals surface area contributed by atoms with Gasteiger partial charge in [-0.05, 0) is 55.0 Å². The van der Waals surface area contributed by atoms with E-state index in [-0.39, 0.29) is 16.5 Å². The Morgan fingerprint density at radius 3 is 2.57 bits per heavy atom. The van der Waals surface area contributed by atoms with Gasteiger partial charge in [0.05, 0.1) is 16.8 Å². The highest BCUT2D eigenvalue weighted by Crippen LogP contribution is 2.24. The molecule has 3 rings (SSSR count). The molecule has 0 spiro atoms. The second-order valence-electron chi connectivity index (χ2n) is 5.89. The molecule has 2 aromatic carbocycles. The highest BCUT2D eigenvalue weighted by molar-refractivity contribution is 7.92. The highest BCUT2D eigenvalue weighted by atomic mass is 35.5. The van der Waals surface area contributed by atoms with Crippen LogP contribution in [0.4, 0.5) is 5.69 Å². The summed E-state index contributed by atoms with van der Waals surface area (Å²) in [5, 5.41) is 0.458. The molecule has 3 aromatic rings. The molecular weight excluding hydrogens is 402 g/mol. The van der Waals surface area contributed by atoms with Crippen molar-refractivity contribution in [3.05, 3.63) is 76.9 Å². The maximum absolute atomic E-state index is 12.6. The minimum atomic E-state index is -3.79. The number of rotatable bonds is 6. The fraction of sp³-hybridized carbons (Fsp3) is 0.0526. The standard InChI is InChI=1S/C19H16ClN3O4S/c1-12-9-14(20)5-7-17(12)28(25,26)23-15-6-8-18(22-11-15)27-16-4-2-3-13(10-16)19(21)24/h2-11,23H,1H3,(H2,21,24). The number of aromatic nitrogens is 1. The fourth-order valence-electron chi connectivity index (χ4n) is 2.46. The van der Waals surface area contributed by atoms with Crippen molar-refractivity contribution in [1.82, 2.24) is 4.98 Å². The molecular formula is C19H16ClN3O4S. The van der Waals surface area contributed by atoms with Crippen LogP contribution in [0.2, 0.25) is 5.02 Å². The van der Waals surface area contributed by atoms with Crippen LogP contribution in [0.15, 0.2) is 65.7 Å². The van der Waals surface area contributed by atoms with Crippen LogP contribution in [0.3, 0.4) is 0 Å². The molecule has 0 saturated carbocycles. The predicted molar refractivity (Wildman–Crippen MR) is 106 cm³/mol. The van der Waals surface area contributed by atoms with Gasteiger partial charge in [0.1, 0.15) is 5.75 Å². The van der Waals surface area contributed by atoms with Crippen molar-refractivity contribution in [3.63, 3.8) is 0 Å². The number of nitrogens with zero attached hydrogens (tertiary/aromatic N) is 1. The number of nitrogens with one attached hydrogen (secondary N) is 1. The van der Waals surface area contributed by atoms with Gasteiger partial charge in [0, 0.05) is 16.7 Å². The first-order chi connectivity index (χ1) is 13.2. The van der Waals surface area contributed by atoms with Crippen molar-refractivity contribution in [3.8, 4) is 11.6 Å². The van der Waals surface area contributed by atoms with E-state index in [1.165, 1.54) is 36.5 Å². The number of amides is 1. The summed E-state index contributed by atoms with van der Waals surface area (Å²) >= 11 is 5.87. The Morgan fingerprint density at radius 1 is 1.14 bits per heavy atom. The van der Waals surface area contributed by atoms with Crippen LogP contribution in [-0.2, 0) is 10.0 Å². The molecule has 0 bridgehead atoms.